The molecule has 2 heterocycles. The largest absolute Gasteiger partial charge is 0.378 e. The predicted molar refractivity (Wildman–Crippen MR) is 133 cm³/mol. The Hall–Kier alpha value is -3.16. The zero-order chi connectivity index (χ0) is 23.2. The molecule has 33 heavy (non-hydrogen) atoms. The molecule has 0 radical (unpaired) electrons. The van der Waals surface area contributed by atoms with Crippen LogP contribution in [0, 0.1) is 0 Å². The van der Waals surface area contributed by atoms with Gasteiger partial charge in [0.25, 0.3) is 0 Å². The number of carbonyl (C=O) groups excluding carboxylic acids is 2. The van der Waals surface area contributed by atoms with E-state index in [0.29, 0.717) is 13.1 Å². The molecule has 1 aliphatic heterocycles. The summed E-state index contributed by atoms with van der Waals surface area (Å²) in [4.78, 5) is 30.3. The number of nitrogens with one attached hydrogen (secondary N) is 2. The summed E-state index contributed by atoms with van der Waals surface area (Å²) in [6, 6.07) is 20.8. The number of rotatable bonds is 7. The molecule has 0 bridgehead atoms. The van der Waals surface area contributed by atoms with Crippen LogP contribution in [-0.2, 0) is 29.1 Å². The Kier molecular flexibility index (Phi) is 7.42. The van der Waals surface area contributed by atoms with Crippen LogP contribution in [0.25, 0.3) is 0 Å². The molecule has 1 aliphatic rings. The van der Waals surface area contributed by atoms with Crippen LogP contribution in [0.3, 0.4) is 0 Å². The average molecular weight is 463 g/mol. The molecule has 2 aromatic carbocycles. The molecule has 1 atom stereocenters. The van der Waals surface area contributed by atoms with Gasteiger partial charge in [0.05, 0.1) is 12.6 Å². The number of thiophene rings is 1. The molecule has 0 saturated heterocycles. The molecule has 7 heteroatoms. The van der Waals surface area contributed by atoms with Gasteiger partial charge in [-0.15, -0.1) is 11.3 Å². The molecule has 0 saturated carbocycles. The normalized spacial score (nSPS) is 14.2. The minimum atomic E-state index is -0.603. The van der Waals surface area contributed by atoms with Crippen LogP contribution >= 0.6 is 11.3 Å². The third-order valence-corrected chi connectivity index (χ3v) is 6.94. The van der Waals surface area contributed by atoms with E-state index in [9.17, 15) is 9.59 Å². The summed E-state index contributed by atoms with van der Waals surface area (Å²) >= 11 is 1.55. The van der Waals surface area contributed by atoms with Crippen LogP contribution in [0.1, 0.15) is 27.6 Å². The molecule has 2 amide bonds. The zero-order valence-corrected chi connectivity index (χ0v) is 19.9. The van der Waals surface area contributed by atoms with Crippen molar-refractivity contribution in [3.63, 3.8) is 0 Å². The second-order valence-electron chi connectivity index (χ2n) is 8.46. The van der Waals surface area contributed by atoms with Crippen LogP contribution in [0.2, 0.25) is 0 Å². The molecule has 0 fully saturated rings. The van der Waals surface area contributed by atoms with E-state index in [2.05, 4.69) is 69.0 Å². The fraction of sp³-hybridized carbons (Fsp3) is 0.308. The number of hydrogen-bond donors (Lipinski definition) is 2. The molecule has 0 aliphatic carbocycles. The monoisotopic (exact) mass is 462 g/mol. The van der Waals surface area contributed by atoms with Gasteiger partial charge in [0.1, 0.15) is 0 Å². The van der Waals surface area contributed by atoms with Gasteiger partial charge in [-0.2, -0.15) is 0 Å². The highest BCUT2D eigenvalue weighted by Gasteiger charge is 2.26. The van der Waals surface area contributed by atoms with Gasteiger partial charge in [-0.05, 0) is 46.7 Å². The molecule has 4 rings (SSSR count). The van der Waals surface area contributed by atoms with Crippen molar-refractivity contribution in [1.29, 1.82) is 0 Å². The number of anilines is 1. The lowest BCUT2D eigenvalue weighted by molar-refractivity contribution is -0.139. The topological polar surface area (TPSA) is 64.7 Å². The molecular weight excluding hydrogens is 432 g/mol. The highest BCUT2D eigenvalue weighted by atomic mass is 32.1. The maximum atomic E-state index is 12.5. The van der Waals surface area contributed by atoms with Gasteiger partial charge in [-0.25, -0.2) is 0 Å². The number of carbonyl (C=O) groups is 2. The van der Waals surface area contributed by atoms with E-state index >= 15 is 0 Å². The van der Waals surface area contributed by atoms with E-state index in [1.165, 1.54) is 11.1 Å². The Morgan fingerprint density at radius 2 is 1.70 bits per heavy atom. The lowest BCUT2D eigenvalue weighted by atomic mass is 9.96. The highest BCUT2D eigenvalue weighted by molar-refractivity contribution is 7.09. The van der Waals surface area contributed by atoms with Gasteiger partial charge < -0.3 is 15.5 Å². The summed E-state index contributed by atoms with van der Waals surface area (Å²) in [6.45, 7) is 2.45. The summed E-state index contributed by atoms with van der Waals surface area (Å²) in [6.07, 6.45) is 0.970. The van der Waals surface area contributed by atoms with Crippen LogP contribution in [-0.4, -0.2) is 43.9 Å². The molecule has 6 nitrogen and oxygen atoms in total. The van der Waals surface area contributed by atoms with Gasteiger partial charge >= 0.3 is 11.8 Å². The Balaban J connectivity index is 1.45. The first-order chi connectivity index (χ1) is 16.0. The SMILES string of the molecule is CN(C)c1ccc(C(CNC(=O)C(=O)NCc2cccs2)N2CCc3ccccc3C2)cc1. The van der Waals surface area contributed by atoms with E-state index in [0.717, 1.165) is 35.6 Å². The molecule has 1 unspecified atom stereocenters. The first-order valence-electron chi connectivity index (χ1n) is 11.2. The Morgan fingerprint density at radius 1 is 0.970 bits per heavy atom. The van der Waals surface area contributed by atoms with Crippen molar-refractivity contribution in [1.82, 2.24) is 15.5 Å². The van der Waals surface area contributed by atoms with Gasteiger partial charge in [0, 0.05) is 44.3 Å². The molecular formula is C26H30N4O2S. The van der Waals surface area contributed by atoms with Gasteiger partial charge in [0.15, 0.2) is 0 Å². The third-order valence-electron chi connectivity index (χ3n) is 6.06. The first-order valence-corrected chi connectivity index (χ1v) is 12.1. The van der Waals surface area contributed by atoms with Gasteiger partial charge in [-0.3, -0.25) is 14.5 Å². The maximum Gasteiger partial charge on any atom is 0.309 e. The Bertz CT molecular complexity index is 1080. The molecule has 1 aromatic heterocycles. The summed E-state index contributed by atoms with van der Waals surface area (Å²) < 4.78 is 0. The minimum absolute atomic E-state index is 0.0244. The minimum Gasteiger partial charge on any atom is -0.378 e. The van der Waals surface area contributed by atoms with E-state index < -0.39 is 11.8 Å². The van der Waals surface area contributed by atoms with Crippen molar-refractivity contribution >= 4 is 28.8 Å². The standard InChI is InChI=1S/C26H30N4O2S/c1-29(2)22-11-9-20(10-12-22)24(30-14-13-19-6-3-4-7-21(19)18-30)17-28-26(32)25(31)27-16-23-8-5-15-33-23/h3-12,15,24H,13-14,16-18H2,1-2H3,(H,27,31)(H,28,32). The van der Waals surface area contributed by atoms with Crippen molar-refractivity contribution in [2.45, 2.75) is 25.6 Å². The van der Waals surface area contributed by atoms with Crippen LogP contribution in [0.4, 0.5) is 5.69 Å². The first kappa shape index (κ1) is 23.0. The van der Waals surface area contributed by atoms with E-state index in [-0.39, 0.29) is 6.04 Å². The lowest BCUT2D eigenvalue weighted by Crippen LogP contribution is -2.45. The second-order valence-corrected chi connectivity index (χ2v) is 9.50. The summed E-state index contributed by atoms with van der Waals surface area (Å²) in [5.41, 5.74) is 4.95. The summed E-state index contributed by atoms with van der Waals surface area (Å²) in [7, 11) is 4.03. The van der Waals surface area contributed by atoms with Crippen molar-refractivity contribution < 1.29 is 9.59 Å². The number of fused-ring (bicyclic) bond motifs is 1. The molecule has 2 N–H and O–H groups in total. The fourth-order valence-electron chi connectivity index (χ4n) is 4.17. The Labute approximate surface area is 199 Å². The maximum absolute atomic E-state index is 12.5. The predicted octanol–water partition coefficient (Wildman–Crippen LogP) is 3.35. The van der Waals surface area contributed by atoms with Gasteiger partial charge in [-0.1, -0.05) is 42.5 Å². The van der Waals surface area contributed by atoms with Crippen LogP contribution < -0.4 is 15.5 Å². The zero-order valence-electron chi connectivity index (χ0n) is 19.1. The third kappa shape index (κ3) is 5.80. The average Bonchev–Trinajstić information content (AvgIpc) is 3.36. The van der Waals surface area contributed by atoms with E-state index in [1.807, 2.05) is 31.6 Å². The van der Waals surface area contributed by atoms with Crippen molar-refractivity contribution in [2.75, 3.05) is 32.1 Å². The number of amides is 2. The van der Waals surface area contributed by atoms with Crippen molar-refractivity contribution in [2.24, 2.45) is 0 Å². The summed E-state index contributed by atoms with van der Waals surface area (Å²) in [5, 5.41) is 7.52. The lowest BCUT2D eigenvalue weighted by Gasteiger charge is -2.36. The number of benzene rings is 2. The quantitative estimate of drug-likeness (QED) is 0.529. The van der Waals surface area contributed by atoms with Crippen LogP contribution in [0.5, 0.6) is 0 Å². The summed E-state index contributed by atoms with van der Waals surface area (Å²) in [5.74, 6) is -1.20. The van der Waals surface area contributed by atoms with Crippen molar-refractivity contribution in [3.8, 4) is 0 Å². The highest BCUT2D eigenvalue weighted by Crippen LogP contribution is 2.28. The van der Waals surface area contributed by atoms with Crippen molar-refractivity contribution in [3.05, 3.63) is 87.6 Å². The second kappa shape index (κ2) is 10.6. The van der Waals surface area contributed by atoms with E-state index in [1.54, 1.807) is 11.3 Å². The van der Waals surface area contributed by atoms with Gasteiger partial charge in [0.2, 0.25) is 0 Å². The molecule has 3 aromatic rings. The van der Waals surface area contributed by atoms with Crippen LogP contribution in [0.15, 0.2) is 66.0 Å². The van der Waals surface area contributed by atoms with E-state index in [4.69, 9.17) is 0 Å². The molecule has 172 valence electrons. The fourth-order valence-corrected chi connectivity index (χ4v) is 4.81. The smallest absolute Gasteiger partial charge is 0.309 e. The number of hydrogen-bond acceptors (Lipinski definition) is 5. The number of nitrogens with zero attached hydrogens (tertiary/aromatic N) is 2. The molecule has 0 spiro atoms. The Morgan fingerprint density at radius 3 is 2.39 bits per heavy atom.